The molecule has 2 atom stereocenters. The number of amides is 1. The first-order valence-electron chi connectivity index (χ1n) is 12.1. The largest absolute Gasteiger partial charge is 0.481 e. The second-order valence-electron chi connectivity index (χ2n) is 8.61. The summed E-state index contributed by atoms with van der Waals surface area (Å²) in [6, 6.07) is 3.93. The maximum Gasteiger partial charge on any atom is 0.326 e. The van der Waals surface area contributed by atoms with Crippen LogP contribution in [0, 0.1) is 0 Å². The van der Waals surface area contributed by atoms with Crippen molar-refractivity contribution in [2.24, 2.45) is 5.73 Å². The highest BCUT2D eigenvalue weighted by molar-refractivity contribution is 5.97. The van der Waals surface area contributed by atoms with Crippen LogP contribution in [0.3, 0.4) is 0 Å². The summed E-state index contributed by atoms with van der Waals surface area (Å²) in [6.45, 7) is 0.300. The van der Waals surface area contributed by atoms with Crippen LogP contribution >= 0.6 is 0 Å². The van der Waals surface area contributed by atoms with Crippen molar-refractivity contribution in [3.05, 3.63) is 41.7 Å². The zero-order valence-corrected chi connectivity index (χ0v) is 21.9. The van der Waals surface area contributed by atoms with Crippen LogP contribution in [-0.4, -0.2) is 82.2 Å². The van der Waals surface area contributed by atoms with E-state index < -0.39 is 41.9 Å². The molecule has 224 valence electrons. The number of nitrogens with two attached hydrogens (primary N) is 3. The number of aliphatic carboxylic acids is 4. The maximum absolute atomic E-state index is 12.3. The Bertz CT molecular complexity index is 1450. The number of nitrogen functional groups attached to an aromatic ring is 2. The average molecular weight is 588 g/mol. The normalized spacial score (nSPS) is 11.8. The Labute approximate surface area is 237 Å². The molecular formula is C24H29N9O9. The molecule has 3 aromatic rings. The Morgan fingerprint density at radius 3 is 2.02 bits per heavy atom. The lowest BCUT2D eigenvalue weighted by atomic mass is 10.1. The maximum atomic E-state index is 12.3. The van der Waals surface area contributed by atoms with E-state index in [0.29, 0.717) is 23.4 Å². The lowest BCUT2D eigenvalue weighted by Gasteiger charge is -2.14. The summed E-state index contributed by atoms with van der Waals surface area (Å²) < 4.78 is 0. The number of carbonyl (C=O) groups excluding carboxylic acids is 1. The summed E-state index contributed by atoms with van der Waals surface area (Å²) in [4.78, 5) is 70.4. The van der Waals surface area contributed by atoms with E-state index in [0.717, 1.165) is 0 Å². The average Bonchev–Trinajstić information content (AvgIpc) is 2.93. The number of hydrogen-bond donors (Lipinski definition) is 9. The third-order valence-corrected chi connectivity index (χ3v) is 5.36. The third kappa shape index (κ3) is 10.5. The monoisotopic (exact) mass is 587 g/mol. The number of benzene rings is 1. The van der Waals surface area contributed by atoms with Gasteiger partial charge in [-0.25, -0.2) is 14.8 Å². The van der Waals surface area contributed by atoms with Crippen LogP contribution in [0.5, 0.6) is 0 Å². The molecule has 0 saturated heterocycles. The van der Waals surface area contributed by atoms with E-state index in [9.17, 15) is 24.0 Å². The van der Waals surface area contributed by atoms with Crippen molar-refractivity contribution in [1.82, 2.24) is 25.3 Å². The molecule has 0 aliphatic carbocycles. The summed E-state index contributed by atoms with van der Waals surface area (Å²) in [5, 5.41) is 39.6. The zero-order valence-electron chi connectivity index (χ0n) is 21.9. The van der Waals surface area contributed by atoms with E-state index >= 15 is 0 Å². The fourth-order valence-electron chi connectivity index (χ4n) is 3.17. The van der Waals surface area contributed by atoms with Gasteiger partial charge in [-0.05, 0) is 37.1 Å². The first-order valence-corrected chi connectivity index (χ1v) is 12.1. The minimum Gasteiger partial charge on any atom is -0.481 e. The lowest BCUT2D eigenvalue weighted by molar-refractivity contribution is -0.142. The topological polar surface area (TPSA) is 320 Å². The van der Waals surface area contributed by atoms with E-state index in [-0.39, 0.29) is 48.7 Å². The molecule has 2 aromatic heterocycles. The van der Waals surface area contributed by atoms with Gasteiger partial charge < -0.3 is 48.3 Å². The van der Waals surface area contributed by atoms with Crippen LogP contribution in [0.25, 0.3) is 11.2 Å². The second-order valence-corrected chi connectivity index (χ2v) is 8.61. The van der Waals surface area contributed by atoms with Crippen LogP contribution in [-0.2, 0) is 25.7 Å². The van der Waals surface area contributed by atoms with Crippen molar-refractivity contribution >= 4 is 58.4 Å². The van der Waals surface area contributed by atoms with Crippen LogP contribution in [0.1, 0.15) is 41.7 Å². The SMILES string of the molecule is N[C@@H](CCC(=O)O)C(=O)O.Nc1nc(N)c2nc(CNc3ccc(C(=O)NC(CCC(=O)O)C(=O)O)cc3)cnc2n1. The van der Waals surface area contributed by atoms with Crippen molar-refractivity contribution in [3.8, 4) is 0 Å². The van der Waals surface area contributed by atoms with Crippen LogP contribution < -0.4 is 27.8 Å². The Kier molecular flexibility index (Phi) is 11.8. The summed E-state index contributed by atoms with van der Waals surface area (Å²) in [7, 11) is 0. The Hall–Kier alpha value is -5.65. The van der Waals surface area contributed by atoms with Crippen LogP contribution in [0.4, 0.5) is 17.5 Å². The molecule has 18 heteroatoms. The number of carboxylic acids is 4. The fourth-order valence-corrected chi connectivity index (χ4v) is 3.17. The molecule has 1 amide bonds. The third-order valence-electron chi connectivity index (χ3n) is 5.36. The smallest absolute Gasteiger partial charge is 0.326 e. The molecule has 0 radical (unpaired) electrons. The number of nitrogens with one attached hydrogen (secondary N) is 2. The highest BCUT2D eigenvalue weighted by Crippen LogP contribution is 2.16. The van der Waals surface area contributed by atoms with Gasteiger partial charge in [0.15, 0.2) is 17.0 Å². The molecule has 42 heavy (non-hydrogen) atoms. The summed E-state index contributed by atoms with van der Waals surface area (Å²) in [5.74, 6) is -5.13. The molecule has 0 saturated carbocycles. The van der Waals surface area contributed by atoms with Crippen LogP contribution in [0.2, 0.25) is 0 Å². The number of carboxylic acid groups (broad SMARTS) is 4. The lowest BCUT2D eigenvalue weighted by Crippen LogP contribution is -2.41. The molecule has 1 unspecified atom stereocenters. The van der Waals surface area contributed by atoms with Crippen molar-refractivity contribution in [2.45, 2.75) is 44.3 Å². The van der Waals surface area contributed by atoms with Gasteiger partial charge in [-0.3, -0.25) is 19.2 Å². The number of carbonyl (C=O) groups is 5. The Morgan fingerprint density at radius 1 is 0.833 bits per heavy atom. The first kappa shape index (κ1) is 32.6. The summed E-state index contributed by atoms with van der Waals surface area (Å²) >= 11 is 0. The minimum atomic E-state index is -1.30. The van der Waals surface area contributed by atoms with Gasteiger partial charge in [0.1, 0.15) is 12.1 Å². The van der Waals surface area contributed by atoms with Gasteiger partial charge in [-0.15, -0.1) is 0 Å². The molecule has 18 nitrogen and oxygen atoms in total. The van der Waals surface area contributed by atoms with Gasteiger partial charge in [-0.2, -0.15) is 9.97 Å². The summed E-state index contributed by atoms with van der Waals surface area (Å²) in [5.41, 5.74) is 18.4. The fraction of sp³-hybridized carbons (Fsp3) is 0.292. The highest BCUT2D eigenvalue weighted by atomic mass is 16.4. The number of fused-ring (bicyclic) bond motifs is 1. The van der Waals surface area contributed by atoms with E-state index in [2.05, 4.69) is 30.6 Å². The van der Waals surface area contributed by atoms with Gasteiger partial charge in [0.05, 0.1) is 18.4 Å². The predicted molar refractivity (Wildman–Crippen MR) is 146 cm³/mol. The molecule has 0 fully saturated rings. The first-order chi connectivity index (χ1) is 19.8. The van der Waals surface area contributed by atoms with E-state index in [1.807, 2.05) is 0 Å². The molecule has 0 aliphatic rings. The quantitative estimate of drug-likeness (QED) is 0.122. The molecule has 1 aromatic carbocycles. The molecule has 0 spiro atoms. The Balaban J connectivity index is 0.000000528. The van der Waals surface area contributed by atoms with E-state index in [4.69, 9.17) is 37.6 Å². The number of rotatable bonds is 13. The van der Waals surface area contributed by atoms with Gasteiger partial charge in [0, 0.05) is 24.1 Å². The van der Waals surface area contributed by atoms with Gasteiger partial charge in [-0.1, -0.05) is 0 Å². The van der Waals surface area contributed by atoms with E-state index in [1.165, 1.54) is 18.3 Å². The summed E-state index contributed by atoms with van der Waals surface area (Å²) in [6.07, 6.45) is 0.707. The second kappa shape index (κ2) is 15.2. The van der Waals surface area contributed by atoms with Gasteiger partial charge >= 0.3 is 23.9 Å². The Morgan fingerprint density at radius 2 is 1.45 bits per heavy atom. The van der Waals surface area contributed by atoms with Crippen LogP contribution in [0.15, 0.2) is 30.5 Å². The van der Waals surface area contributed by atoms with Crippen molar-refractivity contribution in [1.29, 1.82) is 0 Å². The zero-order chi connectivity index (χ0) is 31.4. The number of aromatic nitrogens is 4. The molecule has 12 N–H and O–H groups in total. The van der Waals surface area contributed by atoms with Crippen molar-refractivity contribution in [3.63, 3.8) is 0 Å². The highest BCUT2D eigenvalue weighted by Gasteiger charge is 2.21. The van der Waals surface area contributed by atoms with E-state index in [1.54, 1.807) is 12.1 Å². The minimum absolute atomic E-state index is 0.0101. The predicted octanol–water partition coefficient (Wildman–Crippen LogP) is -0.493. The van der Waals surface area contributed by atoms with Crippen molar-refractivity contribution in [2.75, 3.05) is 16.8 Å². The molecule has 0 bridgehead atoms. The molecular weight excluding hydrogens is 558 g/mol. The molecule has 3 rings (SSSR count). The molecule has 2 heterocycles. The van der Waals surface area contributed by atoms with Crippen molar-refractivity contribution < 1.29 is 44.4 Å². The standard InChI is InChI=1S/C19H20N8O5.C5H9NO4/c20-15-14-16(27-19(21)26-15)23-8-11(24-14)7-22-10-3-1-9(2-4-10)17(30)25-12(18(31)32)5-6-13(28)29;6-3(5(9)10)1-2-4(7)8/h1-4,8,12,22H,5-7H2,(H,25,30)(H,28,29)(H,31,32)(H4,20,21,23,26,27);3H,1-2,6H2,(H,7,8)(H,9,10)/t;3-/m.0/s1. The van der Waals surface area contributed by atoms with Gasteiger partial charge in [0.25, 0.3) is 5.91 Å². The number of hydrogen-bond acceptors (Lipinski definition) is 13. The molecule has 0 aliphatic heterocycles. The number of anilines is 3. The number of nitrogens with zero attached hydrogens (tertiary/aromatic N) is 4. The van der Waals surface area contributed by atoms with Gasteiger partial charge in [0.2, 0.25) is 5.95 Å².